The number of pyridine rings is 1. The number of rotatable bonds is 5. The fourth-order valence-corrected chi connectivity index (χ4v) is 6.63. The second kappa shape index (κ2) is 9.21. The Hall–Kier alpha value is -3.45. The van der Waals surface area contributed by atoms with E-state index in [-0.39, 0.29) is 16.6 Å². The zero-order valence-corrected chi connectivity index (χ0v) is 21.8. The Morgan fingerprint density at radius 1 is 1.11 bits per heavy atom. The lowest BCUT2D eigenvalue weighted by Gasteiger charge is -2.44. The number of carbonyl (C=O) groups excluding carboxylic acids is 1. The van der Waals surface area contributed by atoms with Crippen molar-refractivity contribution in [3.63, 3.8) is 0 Å². The van der Waals surface area contributed by atoms with Gasteiger partial charge in [0.15, 0.2) is 6.10 Å². The SMILES string of the molecule is COc1cc2c(c3c1c(=O)c1ccccc1n3C)[C@H](SCc1ccccc1)[C@@H](OC(C)=O)C(C)(C)O2. The van der Waals surface area contributed by atoms with Crippen molar-refractivity contribution in [1.29, 1.82) is 0 Å². The molecule has 3 aromatic carbocycles. The van der Waals surface area contributed by atoms with Gasteiger partial charge in [-0.25, -0.2) is 0 Å². The minimum absolute atomic E-state index is 0.0981. The van der Waals surface area contributed by atoms with Gasteiger partial charge < -0.3 is 18.8 Å². The van der Waals surface area contributed by atoms with Crippen LogP contribution < -0.4 is 14.9 Å². The Balaban J connectivity index is 1.83. The summed E-state index contributed by atoms with van der Waals surface area (Å²) in [7, 11) is 3.51. The first kappa shape index (κ1) is 24.3. The molecule has 0 fully saturated rings. The van der Waals surface area contributed by atoms with Gasteiger partial charge >= 0.3 is 5.97 Å². The molecule has 7 heteroatoms. The summed E-state index contributed by atoms with van der Waals surface area (Å²) in [6.45, 7) is 5.27. The standard InChI is InChI=1S/C29H29NO5S/c1-17(31)34-28-27(36-16-18-11-7-6-8-12-18)24-22(35-29(28,2)3)15-21(33-5)23-25(24)30(4)20-14-10-9-13-19(20)26(23)32/h6-15,27-28H,16H2,1-5H3/t27-,28+/m0/s1. The van der Waals surface area contributed by atoms with E-state index in [0.717, 1.165) is 22.2 Å². The number of nitrogens with zero attached hydrogens (tertiary/aromatic N) is 1. The van der Waals surface area contributed by atoms with Crippen molar-refractivity contribution in [2.24, 2.45) is 7.05 Å². The molecular formula is C29H29NO5S. The number of fused-ring (bicyclic) bond motifs is 4. The minimum Gasteiger partial charge on any atom is -0.496 e. The first-order chi connectivity index (χ1) is 17.2. The Kier molecular flexibility index (Phi) is 6.20. The molecule has 36 heavy (non-hydrogen) atoms. The number of benzene rings is 3. The van der Waals surface area contributed by atoms with Gasteiger partial charge in [0.1, 0.15) is 17.1 Å². The van der Waals surface area contributed by atoms with Crippen LogP contribution in [0.15, 0.2) is 65.5 Å². The molecule has 0 radical (unpaired) electrons. The van der Waals surface area contributed by atoms with E-state index >= 15 is 0 Å². The number of para-hydroxylation sites is 1. The number of aryl methyl sites for hydroxylation is 1. The molecule has 1 aromatic heterocycles. The van der Waals surface area contributed by atoms with Crippen molar-refractivity contribution in [2.45, 2.75) is 43.5 Å². The van der Waals surface area contributed by atoms with E-state index in [4.69, 9.17) is 14.2 Å². The monoisotopic (exact) mass is 503 g/mol. The van der Waals surface area contributed by atoms with Crippen molar-refractivity contribution in [2.75, 3.05) is 7.11 Å². The summed E-state index contributed by atoms with van der Waals surface area (Å²) < 4.78 is 20.2. The van der Waals surface area contributed by atoms with Crippen LogP contribution in [0.4, 0.5) is 0 Å². The van der Waals surface area contributed by atoms with Crippen LogP contribution in [0.5, 0.6) is 11.5 Å². The molecule has 0 aliphatic carbocycles. The van der Waals surface area contributed by atoms with Crippen LogP contribution >= 0.6 is 11.8 Å². The van der Waals surface area contributed by atoms with E-state index in [1.807, 2.05) is 67.9 Å². The first-order valence-electron chi connectivity index (χ1n) is 11.9. The molecule has 0 unspecified atom stereocenters. The highest BCUT2D eigenvalue weighted by molar-refractivity contribution is 7.98. The Morgan fingerprint density at radius 3 is 2.50 bits per heavy atom. The largest absolute Gasteiger partial charge is 0.496 e. The molecule has 5 rings (SSSR count). The number of hydrogen-bond acceptors (Lipinski definition) is 6. The van der Waals surface area contributed by atoms with Gasteiger partial charge in [-0.1, -0.05) is 42.5 Å². The summed E-state index contributed by atoms with van der Waals surface area (Å²) in [5.74, 6) is 1.42. The number of ether oxygens (including phenoxy) is 3. The van der Waals surface area contributed by atoms with Crippen LogP contribution in [-0.2, 0) is 22.3 Å². The number of esters is 1. The zero-order chi connectivity index (χ0) is 25.6. The zero-order valence-electron chi connectivity index (χ0n) is 21.0. The second-order valence-electron chi connectivity index (χ2n) is 9.57. The molecule has 0 amide bonds. The van der Waals surface area contributed by atoms with Crippen LogP contribution in [0.25, 0.3) is 21.8 Å². The van der Waals surface area contributed by atoms with Gasteiger partial charge in [-0.15, -0.1) is 11.8 Å². The summed E-state index contributed by atoms with van der Waals surface area (Å²) in [6, 6.07) is 19.5. The molecule has 2 heterocycles. The average molecular weight is 504 g/mol. The van der Waals surface area contributed by atoms with Gasteiger partial charge in [-0.3, -0.25) is 9.59 Å². The lowest BCUT2D eigenvalue weighted by Crippen LogP contribution is -2.50. The third-order valence-electron chi connectivity index (χ3n) is 6.74. The molecule has 4 aromatic rings. The topological polar surface area (TPSA) is 66.8 Å². The summed E-state index contributed by atoms with van der Waals surface area (Å²) >= 11 is 1.68. The quantitative estimate of drug-likeness (QED) is 0.254. The maximum absolute atomic E-state index is 13.8. The van der Waals surface area contributed by atoms with Crippen LogP contribution in [-0.4, -0.2) is 29.4 Å². The van der Waals surface area contributed by atoms with Crippen LogP contribution in [0.2, 0.25) is 0 Å². The smallest absolute Gasteiger partial charge is 0.303 e. The number of methoxy groups -OCH3 is 1. The lowest BCUT2D eigenvalue weighted by molar-refractivity contribution is -0.158. The van der Waals surface area contributed by atoms with Crippen molar-refractivity contribution >= 4 is 39.5 Å². The normalized spacial score (nSPS) is 18.5. The highest BCUT2D eigenvalue weighted by Gasteiger charge is 2.48. The third-order valence-corrected chi connectivity index (χ3v) is 8.08. The Bertz CT molecular complexity index is 1530. The molecule has 1 aliphatic rings. The van der Waals surface area contributed by atoms with Crippen molar-refractivity contribution in [3.05, 3.63) is 82.0 Å². The highest BCUT2D eigenvalue weighted by Crippen LogP contribution is 2.53. The summed E-state index contributed by atoms with van der Waals surface area (Å²) in [4.78, 5) is 26.0. The van der Waals surface area contributed by atoms with Crippen LogP contribution in [0.1, 0.15) is 37.1 Å². The molecule has 186 valence electrons. The van der Waals surface area contributed by atoms with Gasteiger partial charge in [0.2, 0.25) is 5.43 Å². The van der Waals surface area contributed by atoms with E-state index < -0.39 is 11.7 Å². The summed E-state index contributed by atoms with van der Waals surface area (Å²) in [5.41, 5.74) is 2.63. The molecule has 6 nitrogen and oxygen atoms in total. The molecule has 1 aliphatic heterocycles. The maximum Gasteiger partial charge on any atom is 0.303 e. The van der Waals surface area contributed by atoms with Crippen molar-refractivity contribution in [1.82, 2.24) is 4.57 Å². The van der Waals surface area contributed by atoms with Gasteiger partial charge in [0.05, 0.1) is 28.8 Å². The highest BCUT2D eigenvalue weighted by atomic mass is 32.2. The van der Waals surface area contributed by atoms with E-state index in [0.29, 0.717) is 28.0 Å². The predicted octanol–water partition coefficient (Wildman–Crippen LogP) is 5.78. The average Bonchev–Trinajstić information content (AvgIpc) is 2.86. The molecule has 0 saturated carbocycles. The lowest BCUT2D eigenvalue weighted by atomic mass is 9.88. The molecule has 0 bridgehead atoms. The van der Waals surface area contributed by atoms with Gasteiger partial charge in [0.25, 0.3) is 0 Å². The van der Waals surface area contributed by atoms with E-state index in [1.165, 1.54) is 6.92 Å². The number of hydrogen-bond donors (Lipinski definition) is 0. The van der Waals surface area contributed by atoms with Crippen molar-refractivity contribution in [3.8, 4) is 11.5 Å². The van der Waals surface area contributed by atoms with Crippen LogP contribution in [0.3, 0.4) is 0 Å². The first-order valence-corrected chi connectivity index (χ1v) is 12.9. The second-order valence-corrected chi connectivity index (χ2v) is 10.7. The molecule has 0 saturated heterocycles. The fraction of sp³-hybridized carbons (Fsp3) is 0.310. The van der Waals surface area contributed by atoms with Gasteiger partial charge in [0, 0.05) is 36.7 Å². The van der Waals surface area contributed by atoms with E-state index in [9.17, 15) is 9.59 Å². The number of thioether (sulfide) groups is 1. The van der Waals surface area contributed by atoms with Crippen LogP contribution in [0, 0.1) is 0 Å². The van der Waals surface area contributed by atoms with E-state index in [1.54, 1.807) is 24.9 Å². The summed E-state index contributed by atoms with van der Waals surface area (Å²) in [5, 5.41) is 0.827. The van der Waals surface area contributed by atoms with Crippen molar-refractivity contribution < 1.29 is 19.0 Å². The molecular weight excluding hydrogens is 474 g/mol. The molecule has 0 N–H and O–H groups in total. The van der Waals surface area contributed by atoms with Gasteiger partial charge in [-0.2, -0.15) is 0 Å². The Morgan fingerprint density at radius 2 is 1.81 bits per heavy atom. The minimum atomic E-state index is -0.804. The fourth-order valence-electron chi connectivity index (χ4n) is 5.11. The third kappa shape index (κ3) is 4.01. The predicted molar refractivity (Wildman–Crippen MR) is 144 cm³/mol. The maximum atomic E-state index is 13.8. The van der Waals surface area contributed by atoms with Gasteiger partial charge in [-0.05, 0) is 31.5 Å². The van der Waals surface area contributed by atoms with E-state index in [2.05, 4.69) is 12.1 Å². The number of aromatic nitrogens is 1. The number of carbonyl (C=O) groups is 1. The molecule has 2 atom stereocenters. The summed E-state index contributed by atoms with van der Waals surface area (Å²) in [6.07, 6.45) is -0.575. The molecule has 0 spiro atoms. The Labute approximate surface area is 214 Å².